The third-order valence-corrected chi connectivity index (χ3v) is 4.72. The van der Waals surface area contributed by atoms with Gasteiger partial charge in [0, 0.05) is 13.1 Å². The SMILES string of the molecule is CC(C)(C)CCCN(Cc1cccc(C(F)(F)F)c1)Cc1cccc(C(F)(F)F)c1. The van der Waals surface area contributed by atoms with Crippen LogP contribution in [0.5, 0.6) is 0 Å². The van der Waals surface area contributed by atoms with E-state index >= 15 is 0 Å². The fourth-order valence-electron chi connectivity index (χ4n) is 3.26. The smallest absolute Gasteiger partial charge is 0.295 e. The van der Waals surface area contributed by atoms with Crippen LogP contribution >= 0.6 is 0 Å². The molecule has 0 saturated heterocycles. The van der Waals surface area contributed by atoms with Crippen LogP contribution in [0.4, 0.5) is 26.3 Å². The van der Waals surface area contributed by atoms with Crippen LogP contribution in [0, 0.1) is 5.41 Å². The van der Waals surface area contributed by atoms with Crippen LogP contribution in [-0.4, -0.2) is 11.4 Å². The van der Waals surface area contributed by atoms with Crippen molar-refractivity contribution in [3.63, 3.8) is 0 Å². The summed E-state index contributed by atoms with van der Waals surface area (Å²) in [5.74, 6) is 0. The second-order valence-corrected chi connectivity index (χ2v) is 8.77. The second-order valence-electron chi connectivity index (χ2n) is 8.77. The lowest BCUT2D eigenvalue weighted by Gasteiger charge is -2.25. The van der Waals surface area contributed by atoms with E-state index in [1.165, 1.54) is 12.1 Å². The van der Waals surface area contributed by atoms with Crippen LogP contribution in [0.2, 0.25) is 0 Å². The maximum Gasteiger partial charge on any atom is 0.416 e. The number of benzene rings is 2. The summed E-state index contributed by atoms with van der Waals surface area (Å²) >= 11 is 0. The first-order valence-corrected chi connectivity index (χ1v) is 9.79. The fourth-order valence-corrected chi connectivity index (χ4v) is 3.26. The van der Waals surface area contributed by atoms with Crippen molar-refractivity contribution in [2.24, 2.45) is 5.41 Å². The molecule has 2 aromatic carbocycles. The van der Waals surface area contributed by atoms with Crippen molar-refractivity contribution in [3.8, 4) is 0 Å². The van der Waals surface area contributed by atoms with Crippen LogP contribution in [0.25, 0.3) is 0 Å². The molecular weight excluding hydrogens is 404 g/mol. The maximum atomic E-state index is 13.0. The van der Waals surface area contributed by atoms with Crippen molar-refractivity contribution in [1.82, 2.24) is 4.90 Å². The van der Waals surface area contributed by atoms with Crippen LogP contribution in [0.3, 0.4) is 0 Å². The maximum absolute atomic E-state index is 13.0. The molecule has 0 bridgehead atoms. The van der Waals surface area contributed by atoms with Crippen molar-refractivity contribution in [2.45, 2.75) is 59.1 Å². The first-order valence-electron chi connectivity index (χ1n) is 9.79. The van der Waals surface area contributed by atoms with Gasteiger partial charge in [0.05, 0.1) is 11.1 Å². The van der Waals surface area contributed by atoms with Crippen LogP contribution in [-0.2, 0) is 25.4 Å². The van der Waals surface area contributed by atoms with Crippen LogP contribution in [0.1, 0.15) is 55.9 Å². The number of halogens is 6. The molecule has 0 atom stereocenters. The molecule has 0 aliphatic carbocycles. The van der Waals surface area contributed by atoms with E-state index in [0.717, 1.165) is 37.1 Å². The Morgan fingerprint density at radius 3 is 1.50 bits per heavy atom. The zero-order valence-corrected chi connectivity index (χ0v) is 17.4. The zero-order valence-electron chi connectivity index (χ0n) is 17.4. The summed E-state index contributed by atoms with van der Waals surface area (Å²) in [7, 11) is 0. The summed E-state index contributed by atoms with van der Waals surface area (Å²) in [6.45, 7) is 7.31. The molecule has 0 unspecified atom stereocenters. The number of nitrogens with zero attached hydrogens (tertiary/aromatic N) is 1. The van der Waals surface area contributed by atoms with Gasteiger partial charge in [-0.25, -0.2) is 0 Å². The van der Waals surface area contributed by atoms with E-state index in [0.29, 0.717) is 17.7 Å². The van der Waals surface area contributed by atoms with Gasteiger partial charge in [-0.1, -0.05) is 57.2 Å². The molecule has 2 rings (SSSR count). The summed E-state index contributed by atoms with van der Waals surface area (Å²) in [6, 6.07) is 10.2. The minimum Gasteiger partial charge on any atom is -0.295 e. The summed E-state index contributed by atoms with van der Waals surface area (Å²) < 4.78 is 78.1. The molecule has 0 heterocycles. The van der Waals surface area contributed by atoms with E-state index in [4.69, 9.17) is 0 Å². The Morgan fingerprint density at radius 2 is 1.13 bits per heavy atom. The molecule has 0 radical (unpaired) electrons. The lowest BCUT2D eigenvalue weighted by molar-refractivity contribution is -0.138. The van der Waals surface area contributed by atoms with Crippen molar-refractivity contribution in [3.05, 3.63) is 70.8 Å². The normalized spacial score (nSPS) is 13.1. The molecule has 0 aromatic heterocycles. The molecule has 0 fully saturated rings. The van der Waals surface area contributed by atoms with Gasteiger partial charge >= 0.3 is 12.4 Å². The Hall–Kier alpha value is -2.02. The molecule has 1 nitrogen and oxygen atoms in total. The minimum absolute atomic E-state index is 0.0953. The van der Waals surface area contributed by atoms with Gasteiger partial charge in [-0.15, -0.1) is 0 Å². The Labute approximate surface area is 173 Å². The lowest BCUT2D eigenvalue weighted by Crippen LogP contribution is -2.25. The Morgan fingerprint density at radius 1 is 0.700 bits per heavy atom. The molecule has 0 amide bonds. The molecule has 166 valence electrons. The number of hydrogen-bond acceptors (Lipinski definition) is 1. The van der Waals surface area contributed by atoms with Crippen LogP contribution < -0.4 is 0 Å². The molecule has 7 heteroatoms. The molecule has 0 aliphatic rings. The number of rotatable bonds is 7. The van der Waals surface area contributed by atoms with E-state index in [1.807, 2.05) is 4.90 Å². The van der Waals surface area contributed by atoms with Gasteiger partial charge in [-0.2, -0.15) is 26.3 Å². The van der Waals surface area contributed by atoms with E-state index in [2.05, 4.69) is 20.8 Å². The molecular formula is C23H27F6N. The van der Waals surface area contributed by atoms with Gasteiger partial charge in [0.15, 0.2) is 0 Å². The zero-order chi connectivity index (χ0) is 22.6. The Bertz CT molecular complexity index is 758. The highest BCUT2D eigenvalue weighted by Gasteiger charge is 2.31. The molecule has 0 spiro atoms. The van der Waals surface area contributed by atoms with Gasteiger partial charge in [0.2, 0.25) is 0 Å². The molecule has 0 N–H and O–H groups in total. The number of hydrogen-bond donors (Lipinski definition) is 0. The summed E-state index contributed by atoms with van der Waals surface area (Å²) in [5, 5.41) is 0. The van der Waals surface area contributed by atoms with E-state index < -0.39 is 23.5 Å². The third kappa shape index (κ3) is 8.01. The van der Waals surface area contributed by atoms with Crippen molar-refractivity contribution in [1.29, 1.82) is 0 Å². The summed E-state index contributed by atoms with van der Waals surface area (Å²) in [5.41, 5.74) is -0.402. The first-order chi connectivity index (χ1) is 13.7. The van der Waals surface area contributed by atoms with E-state index in [1.54, 1.807) is 12.1 Å². The average molecular weight is 431 g/mol. The Balaban J connectivity index is 2.21. The highest BCUT2D eigenvalue weighted by atomic mass is 19.4. The quantitative estimate of drug-likeness (QED) is 0.409. The predicted molar refractivity (Wildman–Crippen MR) is 106 cm³/mol. The lowest BCUT2D eigenvalue weighted by atomic mass is 9.90. The van der Waals surface area contributed by atoms with Gasteiger partial charge in [0.1, 0.15) is 0 Å². The first kappa shape index (κ1) is 24.3. The Kier molecular flexibility index (Phi) is 7.61. The molecule has 30 heavy (non-hydrogen) atoms. The minimum atomic E-state index is -4.44. The summed E-state index contributed by atoms with van der Waals surface area (Å²) in [6.07, 6.45) is -7.18. The highest BCUT2D eigenvalue weighted by molar-refractivity contribution is 5.27. The predicted octanol–water partition coefficient (Wildman–Crippen LogP) is 7.55. The standard InChI is InChI=1S/C23H27F6N/c1-21(2,3)11-6-12-30(15-17-7-4-9-19(13-17)22(24,25)26)16-18-8-5-10-20(14-18)23(27,28)29/h4-5,7-10,13-14H,6,11-12,15-16H2,1-3H3. The van der Waals surface area contributed by atoms with Gasteiger partial charge in [-0.3, -0.25) is 4.90 Å². The van der Waals surface area contributed by atoms with Crippen molar-refractivity contribution in [2.75, 3.05) is 6.54 Å². The number of alkyl halides is 6. The van der Waals surface area contributed by atoms with Crippen molar-refractivity contribution >= 4 is 0 Å². The topological polar surface area (TPSA) is 3.24 Å². The van der Waals surface area contributed by atoms with Gasteiger partial charge < -0.3 is 0 Å². The molecule has 0 saturated carbocycles. The van der Waals surface area contributed by atoms with Crippen LogP contribution in [0.15, 0.2) is 48.5 Å². The molecule has 0 aliphatic heterocycles. The van der Waals surface area contributed by atoms with Crippen molar-refractivity contribution < 1.29 is 26.3 Å². The third-order valence-electron chi connectivity index (χ3n) is 4.72. The van der Waals surface area contributed by atoms with E-state index in [9.17, 15) is 26.3 Å². The van der Waals surface area contributed by atoms with Gasteiger partial charge in [0.25, 0.3) is 0 Å². The van der Waals surface area contributed by atoms with Gasteiger partial charge in [-0.05, 0) is 48.1 Å². The molecule has 2 aromatic rings. The second kappa shape index (κ2) is 9.41. The monoisotopic (exact) mass is 431 g/mol. The highest BCUT2D eigenvalue weighted by Crippen LogP contribution is 2.31. The van der Waals surface area contributed by atoms with E-state index in [-0.39, 0.29) is 18.5 Å². The average Bonchev–Trinajstić information content (AvgIpc) is 2.59. The fraction of sp³-hybridized carbons (Fsp3) is 0.478. The summed E-state index contributed by atoms with van der Waals surface area (Å²) in [4.78, 5) is 1.90. The largest absolute Gasteiger partial charge is 0.416 e.